The van der Waals surface area contributed by atoms with Crippen molar-refractivity contribution in [3.8, 4) is 0 Å². The molecule has 98 valence electrons. The van der Waals surface area contributed by atoms with Gasteiger partial charge in [0.1, 0.15) is 0 Å². The largest absolute Gasteiger partial charge is 0.409 e. The number of anilines is 1. The lowest BCUT2D eigenvalue weighted by molar-refractivity contribution is -0.118. The number of nitrogens with two attached hydrogens (primary N) is 1. The number of nitrogens with one attached hydrogen (secondary N) is 1. The lowest BCUT2D eigenvalue weighted by Gasteiger charge is -2.15. The van der Waals surface area contributed by atoms with E-state index < -0.39 is 5.92 Å². The molecule has 5 nitrogen and oxygen atoms in total. The topological polar surface area (TPSA) is 87.7 Å². The predicted molar refractivity (Wildman–Crippen MR) is 74.6 cm³/mol. The van der Waals surface area contributed by atoms with Crippen molar-refractivity contribution in [3.63, 3.8) is 0 Å². The highest BCUT2D eigenvalue weighted by Crippen LogP contribution is 2.22. The number of nitrogens with zero attached hydrogens (tertiary/aromatic N) is 1. The van der Waals surface area contributed by atoms with E-state index in [1.807, 2.05) is 25.1 Å². The third kappa shape index (κ3) is 3.73. The molecule has 1 rings (SSSR count). The van der Waals surface area contributed by atoms with Gasteiger partial charge in [-0.1, -0.05) is 30.6 Å². The Morgan fingerprint density at radius 2 is 2.22 bits per heavy atom. The average Bonchev–Trinajstić information content (AvgIpc) is 2.37. The minimum absolute atomic E-state index is 0.0681. The average molecular weight is 314 g/mol. The van der Waals surface area contributed by atoms with Crippen LogP contribution in [0.5, 0.6) is 0 Å². The van der Waals surface area contributed by atoms with Crippen molar-refractivity contribution in [2.24, 2.45) is 16.8 Å². The van der Waals surface area contributed by atoms with E-state index in [1.165, 1.54) is 0 Å². The maximum absolute atomic E-state index is 12.1. The van der Waals surface area contributed by atoms with Gasteiger partial charge in [-0.3, -0.25) is 4.79 Å². The molecule has 0 spiro atoms. The van der Waals surface area contributed by atoms with Crippen LogP contribution in [-0.2, 0) is 4.79 Å². The third-order valence-corrected chi connectivity index (χ3v) is 3.19. The van der Waals surface area contributed by atoms with Crippen LogP contribution >= 0.6 is 15.9 Å². The fourth-order valence-corrected chi connectivity index (χ4v) is 1.94. The number of amidine groups is 1. The lowest BCUT2D eigenvalue weighted by atomic mass is 10.0. The van der Waals surface area contributed by atoms with E-state index in [2.05, 4.69) is 26.4 Å². The van der Waals surface area contributed by atoms with Gasteiger partial charge in [-0.25, -0.2) is 0 Å². The van der Waals surface area contributed by atoms with E-state index in [9.17, 15) is 4.79 Å². The first kappa shape index (κ1) is 14.5. The molecule has 0 aliphatic rings. The molecule has 0 fully saturated rings. The van der Waals surface area contributed by atoms with Gasteiger partial charge in [0.15, 0.2) is 5.84 Å². The highest BCUT2D eigenvalue weighted by atomic mass is 79.9. The SMILES string of the molecule is CCCC(C(=O)Nc1ccccc1Br)C(N)=NO. The molecule has 4 N–H and O–H groups in total. The van der Waals surface area contributed by atoms with Gasteiger partial charge < -0.3 is 16.3 Å². The summed E-state index contributed by atoms with van der Waals surface area (Å²) in [5.74, 6) is -0.965. The summed E-state index contributed by atoms with van der Waals surface area (Å²) in [6.07, 6.45) is 1.30. The number of carbonyl (C=O) groups excluding carboxylic acids is 1. The fraction of sp³-hybridized carbons (Fsp3) is 0.333. The Bertz CT molecular complexity index is 449. The minimum Gasteiger partial charge on any atom is -0.409 e. The van der Waals surface area contributed by atoms with Crippen LogP contribution in [0, 0.1) is 5.92 Å². The molecule has 0 aliphatic heterocycles. The molecule has 0 saturated carbocycles. The molecule has 0 radical (unpaired) electrons. The normalized spacial score (nSPS) is 13.1. The zero-order valence-corrected chi connectivity index (χ0v) is 11.6. The molecule has 0 saturated heterocycles. The number of hydrogen-bond donors (Lipinski definition) is 3. The molecule has 1 unspecified atom stereocenters. The van der Waals surface area contributed by atoms with Gasteiger partial charge in [0, 0.05) is 4.47 Å². The first-order valence-corrected chi connectivity index (χ1v) is 6.42. The van der Waals surface area contributed by atoms with Gasteiger partial charge in [-0.05, 0) is 34.5 Å². The zero-order valence-electron chi connectivity index (χ0n) is 10.1. The number of hydrogen-bond acceptors (Lipinski definition) is 3. The number of amides is 1. The van der Waals surface area contributed by atoms with Gasteiger partial charge in [-0.2, -0.15) is 0 Å². The van der Waals surface area contributed by atoms with Crippen LogP contribution in [0.3, 0.4) is 0 Å². The summed E-state index contributed by atoms with van der Waals surface area (Å²) in [6.45, 7) is 1.93. The number of para-hydroxylation sites is 1. The van der Waals surface area contributed by atoms with Crippen molar-refractivity contribution < 1.29 is 10.0 Å². The maximum atomic E-state index is 12.1. The van der Waals surface area contributed by atoms with Gasteiger partial charge >= 0.3 is 0 Å². The Morgan fingerprint density at radius 3 is 2.78 bits per heavy atom. The van der Waals surface area contributed by atoms with Crippen LogP contribution in [0.25, 0.3) is 0 Å². The minimum atomic E-state index is -0.618. The van der Waals surface area contributed by atoms with Gasteiger partial charge in [0.25, 0.3) is 0 Å². The molecular formula is C12H16BrN3O2. The molecule has 1 amide bonds. The zero-order chi connectivity index (χ0) is 13.5. The summed E-state index contributed by atoms with van der Waals surface area (Å²) in [4.78, 5) is 12.1. The van der Waals surface area contributed by atoms with Crippen LogP contribution in [0.15, 0.2) is 33.9 Å². The van der Waals surface area contributed by atoms with Crippen molar-refractivity contribution in [1.82, 2.24) is 0 Å². The van der Waals surface area contributed by atoms with Crippen molar-refractivity contribution >= 4 is 33.4 Å². The number of benzene rings is 1. The third-order valence-electron chi connectivity index (χ3n) is 2.50. The van der Waals surface area contributed by atoms with E-state index in [0.29, 0.717) is 12.1 Å². The van der Waals surface area contributed by atoms with Gasteiger partial charge in [0.2, 0.25) is 5.91 Å². The summed E-state index contributed by atoms with van der Waals surface area (Å²) >= 11 is 3.34. The number of carbonyl (C=O) groups is 1. The van der Waals surface area contributed by atoms with E-state index in [1.54, 1.807) is 6.07 Å². The molecule has 0 aromatic heterocycles. The molecule has 1 aromatic carbocycles. The molecular weight excluding hydrogens is 298 g/mol. The van der Waals surface area contributed by atoms with E-state index in [0.717, 1.165) is 10.9 Å². The Hall–Kier alpha value is -1.56. The second-order valence-corrected chi connectivity index (χ2v) is 4.69. The molecule has 0 bridgehead atoms. The van der Waals surface area contributed by atoms with Gasteiger partial charge in [0.05, 0.1) is 11.6 Å². The Morgan fingerprint density at radius 1 is 1.56 bits per heavy atom. The Labute approximate surface area is 114 Å². The second-order valence-electron chi connectivity index (χ2n) is 3.84. The number of oxime groups is 1. The summed E-state index contributed by atoms with van der Waals surface area (Å²) in [5.41, 5.74) is 6.18. The Kier molecular flexibility index (Phi) is 5.64. The molecule has 0 aliphatic carbocycles. The smallest absolute Gasteiger partial charge is 0.235 e. The highest BCUT2D eigenvalue weighted by molar-refractivity contribution is 9.10. The van der Waals surface area contributed by atoms with Crippen molar-refractivity contribution in [2.45, 2.75) is 19.8 Å². The molecule has 18 heavy (non-hydrogen) atoms. The van der Waals surface area contributed by atoms with Crippen LogP contribution in [0.4, 0.5) is 5.69 Å². The van der Waals surface area contributed by atoms with Crippen LogP contribution in [-0.4, -0.2) is 17.0 Å². The molecule has 1 aromatic rings. The fourth-order valence-electron chi connectivity index (χ4n) is 1.55. The molecule has 6 heteroatoms. The first-order valence-electron chi connectivity index (χ1n) is 5.63. The van der Waals surface area contributed by atoms with E-state index in [4.69, 9.17) is 10.9 Å². The summed E-state index contributed by atoms with van der Waals surface area (Å²) in [7, 11) is 0. The molecule has 1 atom stereocenters. The maximum Gasteiger partial charge on any atom is 0.235 e. The Balaban J connectivity index is 2.82. The summed E-state index contributed by atoms with van der Waals surface area (Å²) in [6, 6.07) is 7.27. The highest BCUT2D eigenvalue weighted by Gasteiger charge is 2.22. The van der Waals surface area contributed by atoms with Gasteiger partial charge in [-0.15, -0.1) is 0 Å². The number of halogens is 1. The second kappa shape index (κ2) is 7.00. The molecule has 0 heterocycles. The van der Waals surface area contributed by atoms with E-state index >= 15 is 0 Å². The summed E-state index contributed by atoms with van der Waals surface area (Å²) < 4.78 is 0.785. The standard InChI is InChI=1S/C12H16BrN3O2/c1-2-5-8(11(14)16-18)12(17)15-10-7-4-3-6-9(10)13/h3-4,6-8,18H,2,5H2,1H3,(H2,14,16)(H,15,17). The van der Waals surface area contributed by atoms with Crippen LogP contribution in [0.2, 0.25) is 0 Å². The predicted octanol–water partition coefficient (Wildman–Crippen LogP) is 2.55. The first-order chi connectivity index (χ1) is 8.60. The van der Waals surface area contributed by atoms with Crippen molar-refractivity contribution in [1.29, 1.82) is 0 Å². The van der Waals surface area contributed by atoms with Crippen molar-refractivity contribution in [2.75, 3.05) is 5.32 Å². The van der Waals surface area contributed by atoms with Crippen molar-refractivity contribution in [3.05, 3.63) is 28.7 Å². The van der Waals surface area contributed by atoms with Crippen LogP contribution < -0.4 is 11.1 Å². The van der Waals surface area contributed by atoms with E-state index in [-0.39, 0.29) is 11.7 Å². The van der Waals surface area contributed by atoms with Crippen LogP contribution in [0.1, 0.15) is 19.8 Å². The summed E-state index contributed by atoms with van der Waals surface area (Å²) in [5, 5.41) is 14.3. The quantitative estimate of drug-likeness (QED) is 0.338. The lowest BCUT2D eigenvalue weighted by Crippen LogP contribution is -2.34. The monoisotopic (exact) mass is 313 g/mol. The number of rotatable bonds is 5.